The average Bonchev–Trinajstić information content (AvgIpc) is 2.46. The molecule has 1 unspecified atom stereocenters. The predicted molar refractivity (Wildman–Crippen MR) is 60.5 cm³/mol. The molecule has 9 nitrogen and oxygen atoms in total. The van der Waals surface area contributed by atoms with E-state index in [1.165, 1.54) is 19.0 Å². The fourth-order valence-electron chi connectivity index (χ4n) is 1.38. The molecule has 5 atom stereocenters. The maximum absolute atomic E-state index is 9.35. The molecule has 0 bridgehead atoms. The van der Waals surface area contributed by atoms with Gasteiger partial charge in [-0.25, -0.2) is 15.0 Å². The second-order valence-corrected chi connectivity index (χ2v) is 3.75. The molecule has 2 rings (SSSR count). The summed E-state index contributed by atoms with van der Waals surface area (Å²) in [5.74, 6) is 0. The van der Waals surface area contributed by atoms with E-state index in [0.717, 1.165) is 0 Å². The monoisotopic (exact) mass is 295 g/mol. The Morgan fingerprint density at radius 1 is 1.05 bits per heavy atom. The minimum atomic E-state index is -1.52. The largest absolute Gasteiger partial charge is 0.394 e. The first-order valence-electron chi connectivity index (χ1n) is 5.24. The second-order valence-electron chi connectivity index (χ2n) is 3.58. The van der Waals surface area contributed by atoms with Crippen LogP contribution in [0.25, 0.3) is 0 Å². The molecule has 0 aliphatic carbocycles. The van der Waals surface area contributed by atoms with E-state index in [1.54, 1.807) is 0 Å². The molecule has 4 N–H and O–H groups in total. The zero-order chi connectivity index (χ0) is 14.3. The number of halogens is 1. The molecular weight excluding hydrogens is 282 g/mol. The summed E-state index contributed by atoms with van der Waals surface area (Å²) >= 11 is 4.99. The summed E-state index contributed by atoms with van der Waals surface area (Å²) in [6.45, 7) is -0.498. The normalized spacial score (nSPS) is 34.3. The van der Waals surface area contributed by atoms with Crippen molar-refractivity contribution < 1.29 is 29.5 Å². The fraction of sp³-hybridized carbons (Fsp3) is 0.667. The van der Waals surface area contributed by atoms with Crippen LogP contribution in [0.2, 0.25) is 0 Å². The van der Waals surface area contributed by atoms with Gasteiger partial charge in [0.25, 0.3) is 0 Å². The molecule has 0 aromatic carbocycles. The Bertz CT molecular complexity index is 321. The topological polar surface area (TPSA) is 138 Å². The fourth-order valence-corrected chi connectivity index (χ4v) is 1.59. The van der Waals surface area contributed by atoms with Crippen LogP contribution in [0.15, 0.2) is 19.0 Å². The highest BCUT2D eigenvalue weighted by molar-refractivity contribution is 6.07. The average molecular weight is 296 g/mol. The third kappa shape index (κ3) is 4.58. The molecule has 0 spiro atoms. The molecule has 1 saturated heterocycles. The SMILES string of the molecule is OC[C@H]1OC(O)[C@H](O)[C@@H](OCl)[C@@H]1O.c1ncncn1. The highest BCUT2D eigenvalue weighted by Gasteiger charge is 2.44. The van der Waals surface area contributed by atoms with Crippen LogP contribution in [0.5, 0.6) is 0 Å². The Balaban J connectivity index is 0.000000250. The number of aliphatic hydroxyl groups excluding tert-OH is 4. The highest BCUT2D eigenvalue weighted by Crippen LogP contribution is 2.22. The van der Waals surface area contributed by atoms with Crippen LogP contribution in [0.4, 0.5) is 0 Å². The van der Waals surface area contributed by atoms with E-state index >= 15 is 0 Å². The Morgan fingerprint density at radius 2 is 1.58 bits per heavy atom. The summed E-state index contributed by atoms with van der Waals surface area (Å²) in [5.41, 5.74) is 0. The number of ether oxygens (including phenoxy) is 1. The van der Waals surface area contributed by atoms with E-state index in [2.05, 4.69) is 24.0 Å². The minimum Gasteiger partial charge on any atom is -0.394 e. The third-order valence-corrected chi connectivity index (χ3v) is 2.55. The Hall–Kier alpha value is -0.940. The summed E-state index contributed by atoms with van der Waals surface area (Å²) in [6.07, 6.45) is -2.11. The van der Waals surface area contributed by atoms with Gasteiger partial charge in [0.15, 0.2) is 6.29 Å². The van der Waals surface area contributed by atoms with E-state index in [0.29, 0.717) is 0 Å². The van der Waals surface area contributed by atoms with Gasteiger partial charge in [-0.15, -0.1) is 0 Å². The van der Waals surface area contributed by atoms with Crippen molar-refractivity contribution in [2.75, 3.05) is 6.61 Å². The van der Waals surface area contributed by atoms with Crippen LogP contribution >= 0.6 is 11.9 Å². The molecule has 1 aliphatic rings. The first-order valence-corrected chi connectivity index (χ1v) is 5.55. The summed E-state index contributed by atoms with van der Waals surface area (Å²) in [4.78, 5) is 10.7. The standard InChI is InChI=1S/C6H11ClO6.C3H3N3/c7-13-5-3(9)2(1-8)12-6(11)4(5)10;1-4-2-6-3-5-1/h2-6,8-11H,1H2;1-3H/t2-,3-,4-,5+,6?;/m1./s1. The van der Waals surface area contributed by atoms with Crippen molar-refractivity contribution in [1.29, 1.82) is 0 Å². The van der Waals surface area contributed by atoms with E-state index in [-0.39, 0.29) is 0 Å². The van der Waals surface area contributed by atoms with Gasteiger partial charge in [0.2, 0.25) is 0 Å². The maximum atomic E-state index is 9.35. The summed E-state index contributed by atoms with van der Waals surface area (Å²) in [7, 11) is 0. The lowest BCUT2D eigenvalue weighted by molar-refractivity contribution is -0.281. The molecular formula is C9H14ClN3O6. The highest BCUT2D eigenvalue weighted by atomic mass is 35.5. The van der Waals surface area contributed by atoms with Gasteiger partial charge in [0, 0.05) is 0 Å². The number of rotatable bonds is 2. The van der Waals surface area contributed by atoms with Crippen molar-refractivity contribution >= 4 is 11.9 Å². The molecule has 2 heterocycles. The van der Waals surface area contributed by atoms with Gasteiger partial charge in [-0.2, -0.15) is 0 Å². The first kappa shape index (κ1) is 16.1. The lowest BCUT2D eigenvalue weighted by Gasteiger charge is -2.38. The summed E-state index contributed by atoms with van der Waals surface area (Å²) in [5, 5.41) is 36.3. The van der Waals surface area contributed by atoms with E-state index in [1.807, 2.05) is 0 Å². The van der Waals surface area contributed by atoms with Crippen LogP contribution in [0, 0.1) is 0 Å². The van der Waals surface area contributed by atoms with Crippen LogP contribution in [-0.2, 0) is 9.03 Å². The molecule has 0 saturated carbocycles. The van der Waals surface area contributed by atoms with Crippen molar-refractivity contribution in [2.24, 2.45) is 0 Å². The summed E-state index contributed by atoms with van der Waals surface area (Å²) < 4.78 is 8.90. The quantitative estimate of drug-likeness (QED) is 0.480. The lowest BCUT2D eigenvalue weighted by atomic mass is 9.99. The molecule has 1 aliphatic heterocycles. The van der Waals surface area contributed by atoms with Crippen molar-refractivity contribution in [1.82, 2.24) is 15.0 Å². The number of nitrogens with zero attached hydrogens (tertiary/aromatic N) is 3. The van der Waals surface area contributed by atoms with Crippen molar-refractivity contribution in [2.45, 2.75) is 30.7 Å². The molecule has 1 fully saturated rings. The van der Waals surface area contributed by atoms with Crippen molar-refractivity contribution in [3.8, 4) is 0 Å². The Labute approximate surface area is 113 Å². The molecule has 0 amide bonds. The van der Waals surface area contributed by atoms with Crippen molar-refractivity contribution in [3.63, 3.8) is 0 Å². The molecule has 0 radical (unpaired) electrons. The van der Waals surface area contributed by atoms with Gasteiger partial charge in [0.05, 0.1) is 18.5 Å². The molecule has 1 aromatic heterocycles. The van der Waals surface area contributed by atoms with E-state index in [4.69, 9.17) is 22.1 Å². The van der Waals surface area contributed by atoms with E-state index in [9.17, 15) is 10.2 Å². The van der Waals surface area contributed by atoms with Gasteiger partial charge in [-0.3, -0.25) is 4.29 Å². The lowest BCUT2D eigenvalue weighted by Crippen LogP contribution is -2.58. The van der Waals surface area contributed by atoms with Gasteiger partial charge in [0.1, 0.15) is 43.4 Å². The third-order valence-electron chi connectivity index (χ3n) is 2.34. The molecule has 19 heavy (non-hydrogen) atoms. The van der Waals surface area contributed by atoms with Gasteiger partial charge in [-0.05, 0) is 0 Å². The number of aliphatic hydroxyl groups is 4. The van der Waals surface area contributed by atoms with Gasteiger partial charge in [-0.1, -0.05) is 0 Å². The molecule has 1 aromatic rings. The van der Waals surface area contributed by atoms with E-state index < -0.39 is 37.3 Å². The zero-order valence-corrected chi connectivity index (χ0v) is 10.4. The minimum absolute atomic E-state index is 0.498. The van der Waals surface area contributed by atoms with Crippen LogP contribution in [0.1, 0.15) is 0 Å². The number of hydrogen-bond donors (Lipinski definition) is 4. The zero-order valence-electron chi connectivity index (χ0n) is 9.65. The van der Waals surface area contributed by atoms with Crippen LogP contribution in [-0.4, -0.2) is 72.7 Å². The number of hydrogen-bond acceptors (Lipinski definition) is 9. The van der Waals surface area contributed by atoms with Gasteiger partial charge < -0.3 is 25.2 Å². The van der Waals surface area contributed by atoms with Crippen LogP contribution in [0.3, 0.4) is 0 Å². The van der Waals surface area contributed by atoms with Gasteiger partial charge >= 0.3 is 0 Å². The predicted octanol–water partition coefficient (Wildman–Crippen LogP) is -2.17. The van der Waals surface area contributed by atoms with Crippen LogP contribution < -0.4 is 0 Å². The van der Waals surface area contributed by atoms with Crippen molar-refractivity contribution in [3.05, 3.63) is 19.0 Å². The maximum Gasteiger partial charge on any atom is 0.184 e. The first-order chi connectivity index (χ1) is 9.11. The number of aromatic nitrogens is 3. The second kappa shape index (κ2) is 8.27. The summed E-state index contributed by atoms with van der Waals surface area (Å²) in [6, 6.07) is 0. The molecule has 108 valence electrons. The smallest absolute Gasteiger partial charge is 0.184 e. The Morgan fingerprint density at radius 3 is 1.95 bits per heavy atom. The Kier molecular flexibility index (Phi) is 7.02. The molecule has 10 heteroatoms.